The second-order valence-corrected chi connectivity index (χ2v) is 5.44. The highest BCUT2D eigenvalue weighted by Gasteiger charge is 2.54. The molecule has 1 atom stereocenters. The molecule has 0 aromatic heterocycles. The molecule has 1 amide bonds. The van der Waals surface area contributed by atoms with Gasteiger partial charge in [0.25, 0.3) is 5.91 Å². The number of carbonyl (C=O) groups is 1. The topological polar surface area (TPSA) is 46.3 Å². The van der Waals surface area contributed by atoms with Gasteiger partial charge in [-0.05, 0) is 24.6 Å². The largest absolute Gasteiger partial charge is 0.415 e. The van der Waals surface area contributed by atoms with Gasteiger partial charge in [0.15, 0.2) is 5.54 Å². The lowest BCUT2D eigenvalue weighted by molar-refractivity contribution is -0.193. The van der Waals surface area contributed by atoms with Crippen LogP contribution in [-0.4, -0.2) is 29.6 Å². The fraction of sp³-hybridized carbons (Fsp3) is 0.417. The van der Waals surface area contributed by atoms with Crippen LogP contribution in [0.3, 0.4) is 0 Å². The fourth-order valence-corrected chi connectivity index (χ4v) is 1.96. The maximum absolute atomic E-state index is 12.7. The maximum Gasteiger partial charge on any atom is 0.415 e. The highest BCUT2D eigenvalue weighted by atomic mass is 35.5. The van der Waals surface area contributed by atoms with Gasteiger partial charge >= 0.3 is 6.18 Å². The Balaban J connectivity index is 2.91. The van der Waals surface area contributed by atoms with Crippen LogP contribution in [0.25, 0.3) is 0 Å². The minimum absolute atomic E-state index is 0.0995. The van der Waals surface area contributed by atoms with Crippen molar-refractivity contribution < 1.29 is 18.0 Å². The zero-order valence-corrected chi connectivity index (χ0v) is 12.3. The molecule has 0 aliphatic carbocycles. The van der Waals surface area contributed by atoms with Crippen LogP contribution in [0.15, 0.2) is 18.2 Å². The van der Waals surface area contributed by atoms with Gasteiger partial charge < -0.3 is 10.6 Å². The van der Waals surface area contributed by atoms with E-state index >= 15 is 0 Å². The number of hydrogen-bond acceptors (Lipinski definition) is 2. The van der Waals surface area contributed by atoms with Crippen LogP contribution in [0.5, 0.6) is 0 Å². The minimum Gasteiger partial charge on any atom is -0.339 e. The van der Waals surface area contributed by atoms with Crippen LogP contribution < -0.4 is 5.73 Å². The molecule has 1 aromatic carbocycles. The molecule has 1 rings (SSSR count). The molecule has 8 heteroatoms. The second-order valence-electron chi connectivity index (χ2n) is 4.60. The summed E-state index contributed by atoms with van der Waals surface area (Å²) >= 11 is 11.6. The Hall–Kier alpha value is -0.980. The van der Waals surface area contributed by atoms with E-state index in [1.807, 2.05) is 0 Å². The van der Waals surface area contributed by atoms with E-state index < -0.39 is 17.6 Å². The van der Waals surface area contributed by atoms with Crippen molar-refractivity contribution >= 4 is 29.1 Å². The highest BCUT2D eigenvalue weighted by molar-refractivity contribution is 6.35. The highest BCUT2D eigenvalue weighted by Crippen LogP contribution is 2.30. The van der Waals surface area contributed by atoms with Gasteiger partial charge in [-0.25, -0.2) is 0 Å². The first-order valence-corrected chi connectivity index (χ1v) is 6.27. The van der Waals surface area contributed by atoms with E-state index in [2.05, 4.69) is 0 Å². The molecule has 1 unspecified atom stereocenters. The van der Waals surface area contributed by atoms with Crippen molar-refractivity contribution in [1.82, 2.24) is 4.90 Å². The van der Waals surface area contributed by atoms with Crippen LogP contribution in [-0.2, 0) is 11.3 Å². The summed E-state index contributed by atoms with van der Waals surface area (Å²) in [5.74, 6) is -1.24. The average molecular weight is 329 g/mol. The number of benzene rings is 1. The average Bonchev–Trinajstić information content (AvgIpc) is 2.30. The molecule has 0 radical (unpaired) electrons. The van der Waals surface area contributed by atoms with Gasteiger partial charge in [0.05, 0.1) is 0 Å². The van der Waals surface area contributed by atoms with Crippen molar-refractivity contribution in [1.29, 1.82) is 0 Å². The number of alkyl halides is 3. The lowest BCUT2D eigenvalue weighted by Gasteiger charge is -2.31. The molecular formula is C12H13Cl2F3N2O. The first-order valence-electron chi connectivity index (χ1n) is 5.52. The molecule has 112 valence electrons. The van der Waals surface area contributed by atoms with Gasteiger partial charge in [0.1, 0.15) is 0 Å². The minimum atomic E-state index is -4.83. The Labute approximate surface area is 124 Å². The zero-order valence-electron chi connectivity index (χ0n) is 10.8. The van der Waals surface area contributed by atoms with Crippen molar-refractivity contribution in [3.8, 4) is 0 Å². The van der Waals surface area contributed by atoms with Gasteiger partial charge in [-0.2, -0.15) is 13.2 Å². The summed E-state index contributed by atoms with van der Waals surface area (Å²) < 4.78 is 38.1. The van der Waals surface area contributed by atoms with E-state index in [1.54, 1.807) is 0 Å². The SMILES string of the molecule is CN(Cc1ccc(Cl)cc1Cl)C(=O)C(C)(N)C(F)(F)F. The standard InChI is InChI=1S/C12H13Cl2F3N2O/c1-11(18,12(15,16)17)10(20)19(2)6-7-3-4-8(13)5-9(7)14/h3-5H,6,18H2,1-2H3. The molecule has 0 saturated carbocycles. The van der Waals surface area contributed by atoms with E-state index in [4.69, 9.17) is 28.9 Å². The van der Waals surface area contributed by atoms with Crippen LogP contribution in [0.2, 0.25) is 10.0 Å². The van der Waals surface area contributed by atoms with E-state index in [0.29, 0.717) is 17.5 Å². The first kappa shape index (κ1) is 17.1. The van der Waals surface area contributed by atoms with Gasteiger partial charge in [0.2, 0.25) is 0 Å². The quantitative estimate of drug-likeness (QED) is 0.925. The number of nitrogens with zero attached hydrogens (tertiary/aromatic N) is 1. The van der Waals surface area contributed by atoms with Crippen LogP contribution >= 0.6 is 23.2 Å². The number of nitrogens with two attached hydrogens (primary N) is 1. The number of likely N-dealkylation sites (N-methyl/N-ethyl adjacent to an activating group) is 1. The molecule has 0 saturated heterocycles. The van der Waals surface area contributed by atoms with Crippen molar-refractivity contribution in [2.75, 3.05) is 7.05 Å². The smallest absolute Gasteiger partial charge is 0.339 e. The Bertz CT molecular complexity index is 518. The maximum atomic E-state index is 12.7. The Morgan fingerprint density at radius 2 is 1.90 bits per heavy atom. The third-order valence-electron chi connectivity index (χ3n) is 2.80. The summed E-state index contributed by atoms with van der Waals surface area (Å²) in [5, 5.41) is 0.662. The summed E-state index contributed by atoms with van der Waals surface area (Å²) in [7, 11) is 1.23. The number of rotatable bonds is 3. The lowest BCUT2D eigenvalue weighted by atomic mass is 10.0. The van der Waals surface area contributed by atoms with Crippen LogP contribution in [0, 0.1) is 0 Å². The molecule has 1 aromatic rings. The van der Waals surface area contributed by atoms with E-state index in [0.717, 1.165) is 4.90 Å². The molecular weight excluding hydrogens is 316 g/mol. The molecule has 0 heterocycles. The van der Waals surface area contributed by atoms with Crippen molar-refractivity contribution in [2.24, 2.45) is 5.73 Å². The van der Waals surface area contributed by atoms with E-state index in [9.17, 15) is 18.0 Å². The molecule has 0 spiro atoms. The van der Waals surface area contributed by atoms with Crippen molar-refractivity contribution in [2.45, 2.75) is 25.2 Å². The third kappa shape index (κ3) is 3.56. The Kier molecular flexibility index (Phi) is 4.94. The molecule has 0 fully saturated rings. The summed E-state index contributed by atoms with van der Waals surface area (Å²) in [4.78, 5) is 12.7. The molecule has 0 bridgehead atoms. The van der Waals surface area contributed by atoms with Gasteiger partial charge in [-0.15, -0.1) is 0 Å². The normalized spacial score (nSPS) is 14.8. The Morgan fingerprint density at radius 1 is 1.35 bits per heavy atom. The predicted molar refractivity (Wildman–Crippen MR) is 71.6 cm³/mol. The van der Waals surface area contributed by atoms with Gasteiger partial charge in [-0.3, -0.25) is 4.79 Å². The van der Waals surface area contributed by atoms with E-state index in [1.165, 1.54) is 25.2 Å². The van der Waals surface area contributed by atoms with Gasteiger partial charge in [0, 0.05) is 23.6 Å². The zero-order chi connectivity index (χ0) is 15.7. The molecule has 3 nitrogen and oxygen atoms in total. The van der Waals surface area contributed by atoms with Gasteiger partial charge in [-0.1, -0.05) is 29.3 Å². The molecule has 2 N–H and O–H groups in total. The lowest BCUT2D eigenvalue weighted by Crippen LogP contribution is -2.61. The third-order valence-corrected chi connectivity index (χ3v) is 3.39. The van der Waals surface area contributed by atoms with Crippen LogP contribution in [0.1, 0.15) is 12.5 Å². The number of amides is 1. The fourth-order valence-electron chi connectivity index (χ4n) is 1.49. The second kappa shape index (κ2) is 5.79. The van der Waals surface area contributed by atoms with E-state index in [-0.39, 0.29) is 11.6 Å². The number of carbonyl (C=O) groups excluding carboxylic acids is 1. The summed E-state index contributed by atoms with van der Waals surface area (Å²) in [6, 6.07) is 4.52. The Morgan fingerprint density at radius 3 is 2.35 bits per heavy atom. The molecule has 0 aliphatic rings. The van der Waals surface area contributed by atoms with Crippen LogP contribution in [0.4, 0.5) is 13.2 Å². The molecule has 0 aliphatic heterocycles. The molecule has 20 heavy (non-hydrogen) atoms. The summed E-state index contributed by atoms with van der Waals surface area (Å²) in [5.41, 5.74) is 2.62. The summed E-state index contributed by atoms with van der Waals surface area (Å²) in [6.45, 7) is 0.535. The van der Waals surface area contributed by atoms with Crippen molar-refractivity contribution in [3.05, 3.63) is 33.8 Å². The summed E-state index contributed by atoms with van der Waals surface area (Å²) in [6.07, 6.45) is -4.83. The number of hydrogen-bond donors (Lipinski definition) is 1. The first-order chi connectivity index (χ1) is 8.96. The predicted octanol–water partition coefficient (Wildman–Crippen LogP) is 3.23. The number of halogens is 5. The monoisotopic (exact) mass is 328 g/mol. The van der Waals surface area contributed by atoms with Crippen molar-refractivity contribution in [3.63, 3.8) is 0 Å².